The third kappa shape index (κ3) is 3.45. The Labute approximate surface area is 116 Å². The summed E-state index contributed by atoms with van der Waals surface area (Å²) in [6.07, 6.45) is -1.85. The van der Waals surface area contributed by atoms with Gasteiger partial charge in [0.15, 0.2) is 0 Å². The van der Waals surface area contributed by atoms with E-state index in [2.05, 4.69) is 15.3 Å². The highest BCUT2D eigenvalue weighted by Crippen LogP contribution is 2.29. The minimum atomic E-state index is -4.43. The summed E-state index contributed by atoms with van der Waals surface area (Å²) in [5.74, 6) is -0.565. The van der Waals surface area contributed by atoms with E-state index in [0.29, 0.717) is 5.69 Å². The third-order valence-electron chi connectivity index (χ3n) is 2.35. The molecule has 1 N–H and O–H groups in total. The molecular formula is C12H7ClF3N3O. The van der Waals surface area contributed by atoms with Crippen LogP contribution in [0.15, 0.2) is 36.7 Å². The van der Waals surface area contributed by atoms with Gasteiger partial charge in [-0.15, -0.1) is 0 Å². The molecule has 1 aromatic heterocycles. The second-order valence-electron chi connectivity index (χ2n) is 3.77. The Balaban J connectivity index is 2.11. The van der Waals surface area contributed by atoms with Gasteiger partial charge in [0.1, 0.15) is 0 Å². The lowest BCUT2D eigenvalue weighted by Gasteiger charge is -2.08. The van der Waals surface area contributed by atoms with Gasteiger partial charge in [0.05, 0.1) is 23.6 Å². The van der Waals surface area contributed by atoms with E-state index in [1.54, 1.807) is 0 Å². The van der Waals surface area contributed by atoms with Gasteiger partial charge in [-0.2, -0.15) is 13.2 Å². The van der Waals surface area contributed by atoms with E-state index in [-0.39, 0.29) is 10.8 Å². The Morgan fingerprint density at radius 2 is 1.65 bits per heavy atom. The molecule has 2 aromatic rings. The summed E-state index contributed by atoms with van der Waals surface area (Å²) in [5, 5.41) is 2.47. The lowest BCUT2D eigenvalue weighted by molar-refractivity contribution is -0.137. The number of hydrogen-bond donors (Lipinski definition) is 1. The Hall–Kier alpha value is -2.15. The number of carbonyl (C=O) groups is 1. The molecule has 2 rings (SSSR count). The van der Waals surface area contributed by atoms with E-state index in [1.807, 2.05) is 0 Å². The number of halogens is 4. The normalized spacial score (nSPS) is 11.2. The summed E-state index contributed by atoms with van der Waals surface area (Å²) in [7, 11) is 0. The first-order valence-electron chi connectivity index (χ1n) is 5.32. The predicted molar refractivity (Wildman–Crippen MR) is 66.4 cm³/mol. The number of alkyl halides is 3. The van der Waals surface area contributed by atoms with Crippen molar-refractivity contribution in [1.29, 1.82) is 0 Å². The molecule has 0 aliphatic carbocycles. The zero-order valence-electron chi connectivity index (χ0n) is 9.78. The smallest absolute Gasteiger partial charge is 0.319 e. The Bertz CT molecular complexity index is 611. The quantitative estimate of drug-likeness (QED) is 0.865. The van der Waals surface area contributed by atoms with Gasteiger partial charge in [-0.3, -0.25) is 4.79 Å². The fraction of sp³-hybridized carbons (Fsp3) is 0.0833. The zero-order chi connectivity index (χ0) is 14.8. The summed E-state index contributed by atoms with van der Waals surface area (Å²) >= 11 is 5.48. The molecule has 20 heavy (non-hydrogen) atoms. The summed E-state index contributed by atoms with van der Waals surface area (Å²) in [6.45, 7) is 0. The summed E-state index contributed by atoms with van der Waals surface area (Å²) < 4.78 is 37.1. The van der Waals surface area contributed by atoms with Crippen LogP contribution in [0.5, 0.6) is 0 Å². The lowest BCUT2D eigenvalue weighted by Crippen LogP contribution is -2.13. The van der Waals surface area contributed by atoms with E-state index in [1.165, 1.54) is 12.4 Å². The van der Waals surface area contributed by atoms with Crippen LogP contribution in [0, 0.1) is 0 Å². The average molecular weight is 302 g/mol. The molecule has 1 aromatic carbocycles. The average Bonchev–Trinajstić information content (AvgIpc) is 2.40. The first kappa shape index (κ1) is 14.3. The van der Waals surface area contributed by atoms with E-state index < -0.39 is 17.6 Å². The van der Waals surface area contributed by atoms with Gasteiger partial charge >= 0.3 is 6.18 Å². The fourth-order valence-corrected chi connectivity index (χ4v) is 1.49. The van der Waals surface area contributed by atoms with Crippen molar-refractivity contribution in [1.82, 2.24) is 9.97 Å². The van der Waals surface area contributed by atoms with Crippen LogP contribution in [-0.4, -0.2) is 15.9 Å². The maximum atomic E-state index is 12.4. The molecule has 1 heterocycles. The van der Waals surface area contributed by atoms with Gasteiger partial charge in [-0.25, -0.2) is 9.97 Å². The van der Waals surface area contributed by atoms with Crippen molar-refractivity contribution in [2.75, 3.05) is 5.32 Å². The van der Waals surface area contributed by atoms with Gasteiger partial charge < -0.3 is 5.32 Å². The van der Waals surface area contributed by atoms with Crippen molar-refractivity contribution in [3.05, 3.63) is 53.1 Å². The molecular weight excluding hydrogens is 295 g/mol. The van der Waals surface area contributed by atoms with Gasteiger partial charge in [-0.1, -0.05) is 0 Å². The molecule has 0 saturated carbocycles. The fourth-order valence-electron chi connectivity index (χ4n) is 1.39. The van der Waals surface area contributed by atoms with Crippen LogP contribution < -0.4 is 5.32 Å². The van der Waals surface area contributed by atoms with Gasteiger partial charge in [0, 0.05) is 5.56 Å². The molecule has 0 unspecified atom stereocenters. The number of anilines is 1. The Morgan fingerprint density at radius 1 is 1.10 bits per heavy atom. The first-order valence-corrected chi connectivity index (χ1v) is 5.70. The molecule has 8 heteroatoms. The first-order chi connectivity index (χ1) is 9.36. The van der Waals surface area contributed by atoms with Crippen LogP contribution in [0.1, 0.15) is 15.9 Å². The predicted octanol–water partition coefficient (Wildman–Crippen LogP) is 3.40. The molecule has 104 valence electrons. The number of benzene rings is 1. The van der Waals surface area contributed by atoms with E-state index in [0.717, 1.165) is 24.3 Å². The van der Waals surface area contributed by atoms with Crippen LogP contribution >= 0.6 is 11.6 Å². The molecule has 0 saturated heterocycles. The van der Waals surface area contributed by atoms with Crippen LogP contribution in [0.2, 0.25) is 5.28 Å². The minimum Gasteiger partial charge on any atom is -0.319 e. The lowest BCUT2D eigenvalue weighted by atomic mass is 10.1. The minimum absolute atomic E-state index is 0.0255. The molecule has 0 spiro atoms. The summed E-state index contributed by atoms with van der Waals surface area (Å²) in [6, 6.07) is 3.87. The summed E-state index contributed by atoms with van der Waals surface area (Å²) in [5.41, 5.74) is -0.434. The second kappa shape index (κ2) is 5.46. The number of carbonyl (C=O) groups excluding carboxylic acids is 1. The van der Waals surface area contributed by atoms with Crippen LogP contribution in [0.3, 0.4) is 0 Å². The molecule has 0 fully saturated rings. The maximum absolute atomic E-state index is 12.4. The molecule has 0 atom stereocenters. The zero-order valence-corrected chi connectivity index (χ0v) is 10.5. The molecule has 1 amide bonds. The molecule has 0 bridgehead atoms. The number of aromatic nitrogens is 2. The highest BCUT2D eigenvalue weighted by molar-refractivity contribution is 6.28. The highest BCUT2D eigenvalue weighted by Gasteiger charge is 2.30. The highest BCUT2D eigenvalue weighted by atomic mass is 35.5. The maximum Gasteiger partial charge on any atom is 0.416 e. The monoisotopic (exact) mass is 301 g/mol. The van der Waals surface area contributed by atoms with Crippen LogP contribution in [0.25, 0.3) is 0 Å². The second-order valence-corrected chi connectivity index (χ2v) is 4.11. The van der Waals surface area contributed by atoms with E-state index in [9.17, 15) is 18.0 Å². The SMILES string of the molecule is O=C(Nc1cnc(Cl)nc1)c1ccc(C(F)(F)F)cc1. The largest absolute Gasteiger partial charge is 0.416 e. The number of nitrogens with zero attached hydrogens (tertiary/aromatic N) is 2. The number of rotatable bonds is 2. The topological polar surface area (TPSA) is 54.9 Å². The summed E-state index contributed by atoms with van der Waals surface area (Å²) in [4.78, 5) is 19.1. The standard InChI is InChI=1S/C12H7ClF3N3O/c13-11-17-5-9(6-18-11)19-10(20)7-1-3-8(4-2-7)12(14,15)16/h1-6H,(H,19,20). The molecule has 0 aliphatic heterocycles. The van der Waals surface area contributed by atoms with E-state index >= 15 is 0 Å². The van der Waals surface area contributed by atoms with E-state index in [4.69, 9.17) is 11.6 Å². The van der Waals surface area contributed by atoms with Crippen molar-refractivity contribution < 1.29 is 18.0 Å². The molecule has 4 nitrogen and oxygen atoms in total. The third-order valence-corrected chi connectivity index (χ3v) is 2.55. The van der Waals surface area contributed by atoms with Gasteiger partial charge in [0.25, 0.3) is 5.91 Å². The van der Waals surface area contributed by atoms with Gasteiger partial charge in [0.2, 0.25) is 5.28 Å². The van der Waals surface area contributed by atoms with Crippen LogP contribution in [0.4, 0.5) is 18.9 Å². The Kier molecular flexibility index (Phi) is 3.89. The Morgan fingerprint density at radius 3 is 2.15 bits per heavy atom. The van der Waals surface area contributed by atoms with Crippen molar-refractivity contribution in [3.63, 3.8) is 0 Å². The van der Waals surface area contributed by atoms with Crippen molar-refractivity contribution >= 4 is 23.2 Å². The van der Waals surface area contributed by atoms with Crippen LogP contribution in [-0.2, 0) is 6.18 Å². The molecule has 0 aliphatic rings. The number of hydrogen-bond acceptors (Lipinski definition) is 3. The van der Waals surface area contributed by atoms with Gasteiger partial charge in [-0.05, 0) is 35.9 Å². The van der Waals surface area contributed by atoms with Crippen molar-refractivity contribution in [2.24, 2.45) is 0 Å². The number of amides is 1. The van der Waals surface area contributed by atoms with Crippen molar-refractivity contribution in [3.8, 4) is 0 Å². The molecule has 0 radical (unpaired) electrons. The number of nitrogens with one attached hydrogen (secondary N) is 1. The van der Waals surface area contributed by atoms with Crippen molar-refractivity contribution in [2.45, 2.75) is 6.18 Å².